The van der Waals surface area contributed by atoms with E-state index in [1.165, 1.54) is 0 Å². The van der Waals surface area contributed by atoms with Gasteiger partial charge in [0.2, 0.25) is 0 Å². The molecule has 0 bridgehead atoms. The first-order chi connectivity index (χ1) is 12.9. The van der Waals surface area contributed by atoms with E-state index in [0.29, 0.717) is 5.56 Å². The molecule has 0 aliphatic heterocycles. The minimum absolute atomic E-state index is 0.193. The minimum Gasteiger partial charge on any atom is -0.454 e. The Kier molecular flexibility index (Phi) is 7.11. The Bertz CT molecular complexity index is 818. The minimum atomic E-state index is -0.672. The number of hydrogen-bond acceptors (Lipinski definition) is 4. The summed E-state index contributed by atoms with van der Waals surface area (Å²) in [7, 11) is 0. The first-order valence-electron chi connectivity index (χ1n) is 8.72. The second-order valence-electron chi connectivity index (χ2n) is 6.34. The number of benzene rings is 2. The van der Waals surface area contributed by atoms with Gasteiger partial charge in [-0.15, -0.1) is 0 Å². The van der Waals surface area contributed by atoms with Crippen LogP contribution in [0.4, 0.5) is 0 Å². The second kappa shape index (κ2) is 9.52. The maximum atomic E-state index is 12.1. The zero-order chi connectivity index (χ0) is 19.8. The molecule has 0 unspecified atom stereocenters. The van der Waals surface area contributed by atoms with Gasteiger partial charge < -0.3 is 15.4 Å². The average Bonchev–Trinajstić information content (AvgIpc) is 2.67. The molecule has 0 heterocycles. The molecule has 27 heavy (non-hydrogen) atoms. The summed E-state index contributed by atoms with van der Waals surface area (Å²) >= 11 is 0. The van der Waals surface area contributed by atoms with E-state index in [2.05, 4.69) is 10.6 Å². The summed E-state index contributed by atoms with van der Waals surface area (Å²) in [4.78, 5) is 35.7. The van der Waals surface area contributed by atoms with E-state index >= 15 is 0 Å². The van der Waals surface area contributed by atoms with Crippen LogP contribution in [0.2, 0.25) is 0 Å². The molecular weight excluding hydrogens is 344 g/mol. The monoisotopic (exact) mass is 368 g/mol. The van der Waals surface area contributed by atoms with Crippen molar-refractivity contribution in [1.82, 2.24) is 10.6 Å². The van der Waals surface area contributed by atoms with Crippen LogP contribution in [0.15, 0.2) is 48.5 Å². The first-order valence-corrected chi connectivity index (χ1v) is 8.72. The largest absolute Gasteiger partial charge is 0.454 e. The summed E-state index contributed by atoms with van der Waals surface area (Å²) in [6.07, 6.45) is 0. The van der Waals surface area contributed by atoms with Crippen molar-refractivity contribution in [3.8, 4) is 0 Å². The van der Waals surface area contributed by atoms with Gasteiger partial charge in [-0.3, -0.25) is 14.4 Å². The highest BCUT2D eigenvalue weighted by Gasteiger charge is 2.13. The molecule has 0 fully saturated rings. The molecule has 2 N–H and O–H groups in total. The fourth-order valence-electron chi connectivity index (χ4n) is 2.44. The molecule has 0 saturated carbocycles. The van der Waals surface area contributed by atoms with Crippen molar-refractivity contribution in [1.29, 1.82) is 0 Å². The molecule has 0 radical (unpaired) electrons. The van der Waals surface area contributed by atoms with Crippen molar-refractivity contribution in [2.45, 2.75) is 26.8 Å². The number of rotatable bonds is 7. The van der Waals surface area contributed by atoms with Crippen molar-refractivity contribution in [2.24, 2.45) is 0 Å². The van der Waals surface area contributed by atoms with E-state index in [9.17, 15) is 14.4 Å². The maximum absolute atomic E-state index is 12.1. The van der Waals surface area contributed by atoms with Gasteiger partial charge in [-0.1, -0.05) is 36.4 Å². The van der Waals surface area contributed by atoms with Gasteiger partial charge in [0.05, 0.1) is 6.04 Å². The van der Waals surface area contributed by atoms with Gasteiger partial charge in [-0.05, 0) is 49.6 Å². The lowest BCUT2D eigenvalue weighted by Crippen LogP contribution is -2.34. The fraction of sp³-hybridized carbons (Fsp3) is 0.286. The summed E-state index contributed by atoms with van der Waals surface area (Å²) < 4.78 is 4.90. The molecule has 2 aromatic carbocycles. The van der Waals surface area contributed by atoms with E-state index in [4.69, 9.17) is 4.74 Å². The van der Waals surface area contributed by atoms with Gasteiger partial charge in [0, 0.05) is 5.56 Å². The van der Waals surface area contributed by atoms with Gasteiger partial charge in [-0.25, -0.2) is 0 Å². The quantitative estimate of drug-likeness (QED) is 0.735. The molecule has 0 aliphatic carbocycles. The standard InChI is InChI=1S/C21H24N2O4/c1-14-9-10-18(11-15(14)2)21(26)22-12-20(25)27-13-19(24)23-16(3)17-7-5-4-6-8-17/h4-11,16H,12-13H2,1-3H3,(H,22,26)(H,23,24)/t16-/m0/s1. The van der Waals surface area contributed by atoms with Gasteiger partial charge >= 0.3 is 5.97 Å². The van der Waals surface area contributed by atoms with Crippen LogP contribution in [0.3, 0.4) is 0 Å². The van der Waals surface area contributed by atoms with Gasteiger partial charge in [-0.2, -0.15) is 0 Å². The third-order valence-electron chi connectivity index (χ3n) is 4.20. The molecule has 6 nitrogen and oxygen atoms in total. The summed E-state index contributed by atoms with van der Waals surface area (Å²) in [6.45, 7) is 5.02. The number of ether oxygens (including phenoxy) is 1. The topological polar surface area (TPSA) is 84.5 Å². The molecular formula is C21H24N2O4. The van der Waals surface area contributed by atoms with Crippen molar-refractivity contribution in [3.63, 3.8) is 0 Å². The third kappa shape index (κ3) is 6.26. The number of aryl methyl sites for hydroxylation is 2. The van der Waals surface area contributed by atoms with Gasteiger partial charge in [0.1, 0.15) is 6.54 Å². The number of esters is 1. The predicted octanol–water partition coefficient (Wildman–Crippen LogP) is 2.45. The van der Waals surface area contributed by atoms with Gasteiger partial charge in [0.25, 0.3) is 11.8 Å². The highest BCUT2D eigenvalue weighted by molar-refractivity contribution is 5.96. The first kappa shape index (κ1) is 20.2. The van der Waals surface area contributed by atoms with Crippen LogP contribution in [0, 0.1) is 13.8 Å². The molecule has 6 heteroatoms. The van der Waals surface area contributed by atoms with E-state index < -0.39 is 18.5 Å². The highest BCUT2D eigenvalue weighted by atomic mass is 16.5. The van der Waals surface area contributed by atoms with E-state index in [1.807, 2.05) is 57.2 Å². The maximum Gasteiger partial charge on any atom is 0.325 e. The lowest BCUT2D eigenvalue weighted by Gasteiger charge is -2.14. The third-order valence-corrected chi connectivity index (χ3v) is 4.20. The second-order valence-corrected chi connectivity index (χ2v) is 6.34. The molecule has 0 saturated heterocycles. The average molecular weight is 368 g/mol. The zero-order valence-electron chi connectivity index (χ0n) is 15.7. The Labute approximate surface area is 158 Å². The molecule has 142 valence electrons. The van der Waals surface area contributed by atoms with Crippen LogP contribution in [0.1, 0.15) is 40.0 Å². The predicted molar refractivity (Wildman–Crippen MR) is 102 cm³/mol. The lowest BCUT2D eigenvalue weighted by atomic mass is 10.1. The Balaban J connectivity index is 1.73. The summed E-state index contributed by atoms with van der Waals surface area (Å²) in [5, 5.41) is 5.24. The van der Waals surface area contributed by atoms with Crippen LogP contribution in [-0.2, 0) is 14.3 Å². The van der Waals surface area contributed by atoms with Crippen LogP contribution < -0.4 is 10.6 Å². The molecule has 0 spiro atoms. The normalized spacial score (nSPS) is 11.4. The SMILES string of the molecule is Cc1ccc(C(=O)NCC(=O)OCC(=O)N[C@@H](C)c2ccccc2)cc1C. The van der Waals surface area contributed by atoms with Crippen molar-refractivity contribution in [3.05, 3.63) is 70.8 Å². The van der Waals surface area contributed by atoms with E-state index in [1.54, 1.807) is 12.1 Å². The molecule has 2 amide bonds. The Hall–Kier alpha value is -3.15. The lowest BCUT2D eigenvalue weighted by molar-refractivity contribution is -0.147. The van der Waals surface area contributed by atoms with Crippen molar-refractivity contribution in [2.75, 3.05) is 13.2 Å². The highest BCUT2D eigenvalue weighted by Crippen LogP contribution is 2.11. The van der Waals surface area contributed by atoms with Crippen molar-refractivity contribution >= 4 is 17.8 Å². The molecule has 2 rings (SSSR count). The Morgan fingerprint density at radius 3 is 2.37 bits per heavy atom. The smallest absolute Gasteiger partial charge is 0.325 e. The fourth-order valence-corrected chi connectivity index (χ4v) is 2.44. The van der Waals surface area contributed by atoms with Crippen LogP contribution >= 0.6 is 0 Å². The number of carbonyl (C=O) groups is 3. The molecule has 0 aliphatic rings. The molecule has 0 aromatic heterocycles. The zero-order valence-corrected chi connectivity index (χ0v) is 15.7. The number of nitrogens with one attached hydrogen (secondary N) is 2. The number of hydrogen-bond donors (Lipinski definition) is 2. The van der Waals surface area contributed by atoms with Crippen molar-refractivity contribution < 1.29 is 19.1 Å². The Morgan fingerprint density at radius 2 is 1.70 bits per heavy atom. The van der Waals surface area contributed by atoms with Crippen LogP contribution in [0.5, 0.6) is 0 Å². The number of amides is 2. The number of carbonyl (C=O) groups excluding carboxylic acids is 3. The van der Waals surface area contributed by atoms with Crippen LogP contribution in [0.25, 0.3) is 0 Å². The van der Waals surface area contributed by atoms with E-state index in [0.717, 1.165) is 16.7 Å². The Morgan fingerprint density at radius 1 is 1.00 bits per heavy atom. The summed E-state index contributed by atoms with van der Waals surface area (Å²) in [5.41, 5.74) is 3.51. The molecule has 1 atom stereocenters. The summed E-state index contributed by atoms with van der Waals surface area (Å²) in [6, 6.07) is 14.6. The van der Waals surface area contributed by atoms with E-state index in [-0.39, 0.29) is 18.5 Å². The van der Waals surface area contributed by atoms with Gasteiger partial charge in [0.15, 0.2) is 6.61 Å². The van der Waals surface area contributed by atoms with Crippen LogP contribution in [-0.4, -0.2) is 30.9 Å². The molecule has 2 aromatic rings. The summed E-state index contributed by atoms with van der Waals surface area (Å²) in [5.74, 6) is -1.44.